The highest BCUT2D eigenvalue weighted by atomic mass is 16.3. The number of aliphatic hydroxyl groups is 2. The molecule has 2 atom stereocenters. The van der Waals surface area contributed by atoms with Crippen LogP contribution in [-0.4, -0.2) is 46.8 Å². The van der Waals surface area contributed by atoms with Crippen molar-refractivity contribution in [2.75, 3.05) is 13.2 Å². The number of amides is 1. The van der Waals surface area contributed by atoms with Crippen LogP contribution in [0.4, 0.5) is 0 Å². The van der Waals surface area contributed by atoms with E-state index in [0.29, 0.717) is 19.4 Å². The van der Waals surface area contributed by atoms with Crippen LogP contribution >= 0.6 is 0 Å². The molecule has 0 saturated carbocycles. The molecule has 0 unspecified atom stereocenters. The number of nitrogens with zero attached hydrogens (tertiary/aromatic N) is 1. The van der Waals surface area contributed by atoms with Crippen LogP contribution in [0.15, 0.2) is 0 Å². The van der Waals surface area contributed by atoms with Gasteiger partial charge in [0.25, 0.3) is 0 Å². The summed E-state index contributed by atoms with van der Waals surface area (Å²) in [6.45, 7) is 0.296. The summed E-state index contributed by atoms with van der Waals surface area (Å²) in [5, 5.41) is 17.7. The van der Waals surface area contributed by atoms with E-state index in [1.165, 1.54) is 4.90 Å². The highest BCUT2D eigenvalue weighted by Crippen LogP contribution is 2.14. The SMILES string of the molecule is O=CN1C[C@H](O)C[C@H]1CO. The number of aliphatic hydroxyl groups excluding tert-OH is 2. The van der Waals surface area contributed by atoms with Gasteiger partial charge in [-0.05, 0) is 6.42 Å². The quantitative estimate of drug-likeness (QED) is 0.468. The van der Waals surface area contributed by atoms with Crippen LogP contribution in [0.1, 0.15) is 6.42 Å². The minimum Gasteiger partial charge on any atom is -0.394 e. The van der Waals surface area contributed by atoms with E-state index in [4.69, 9.17) is 10.2 Å². The Hall–Kier alpha value is -0.610. The summed E-state index contributed by atoms with van der Waals surface area (Å²) >= 11 is 0. The summed E-state index contributed by atoms with van der Waals surface area (Å²) in [5.74, 6) is 0. The smallest absolute Gasteiger partial charge is 0.210 e. The van der Waals surface area contributed by atoms with Crippen molar-refractivity contribution in [3.63, 3.8) is 0 Å². The topological polar surface area (TPSA) is 60.8 Å². The molecule has 0 aromatic carbocycles. The molecule has 0 spiro atoms. The van der Waals surface area contributed by atoms with E-state index in [1.54, 1.807) is 0 Å². The van der Waals surface area contributed by atoms with Crippen LogP contribution in [0.5, 0.6) is 0 Å². The van der Waals surface area contributed by atoms with Gasteiger partial charge in [-0.3, -0.25) is 4.79 Å². The number of carbonyl (C=O) groups excluding carboxylic acids is 1. The third kappa shape index (κ3) is 1.27. The Morgan fingerprint density at radius 1 is 1.70 bits per heavy atom. The molecule has 0 aromatic rings. The molecule has 1 saturated heterocycles. The molecule has 1 aliphatic rings. The Morgan fingerprint density at radius 3 is 2.80 bits per heavy atom. The molecule has 2 N–H and O–H groups in total. The van der Waals surface area contributed by atoms with Crippen molar-refractivity contribution in [2.45, 2.75) is 18.6 Å². The largest absolute Gasteiger partial charge is 0.394 e. The molecule has 1 fully saturated rings. The molecule has 1 amide bonds. The molecule has 58 valence electrons. The van der Waals surface area contributed by atoms with Gasteiger partial charge in [-0.25, -0.2) is 0 Å². The second-order valence-electron chi connectivity index (χ2n) is 2.53. The van der Waals surface area contributed by atoms with Crippen LogP contribution in [0.3, 0.4) is 0 Å². The molecule has 10 heavy (non-hydrogen) atoms. The average Bonchev–Trinajstić information content (AvgIpc) is 2.30. The Morgan fingerprint density at radius 2 is 2.40 bits per heavy atom. The van der Waals surface area contributed by atoms with Crippen molar-refractivity contribution in [1.82, 2.24) is 4.90 Å². The third-order valence-electron chi connectivity index (χ3n) is 1.78. The fraction of sp³-hybridized carbons (Fsp3) is 0.833. The molecule has 0 aliphatic carbocycles. The maximum atomic E-state index is 10.2. The van der Waals surface area contributed by atoms with Crippen molar-refractivity contribution in [2.24, 2.45) is 0 Å². The van der Waals surface area contributed by atoms with Gasteiger partial charge in [-0.2, -0.15) is 0 Å². The van der Waals surface area contributed by atoms with Crippen molar-refractivity contribution in [1.29, 1.82) is 0 Å². The predicted molar refractivity (Wildman–Crippen MR) is 34.3 cm³/mol. The van der Waals surface area contributed by atoms with Crippen LogP contribution in [0.25, 0.3) is 0 Å². The third-order valence-corrected chi connectivity index (χ3v) is 1.78. The molecule has 1 rings (SSSR count). The fourth-order valence-electron chi connectivity index (χ4n) is 1.22. The van der Waals surface area contributed by atoms with E-state index in [9.17, 15) is 4.79 Å². The van der Waals surface area contributed by atoms with E-state index in [1.807, 2.05) is 0 Å². The zero-order valence-electron chi connectivity index (χ0n) is 5.60. The predicted octanol–water partition coefficient (Wildman–Crippen LogP) is -1.43. The lowest BCUT2D eigenvalue weighted by atomic mass is 10.2. The van der Waals surface area contributed by atoms with E-state index < -0.39 is 6.10 Å². The molecule has 1 aliphatic heterocycles. The van der Waals surface area contributed by atoms with Gasteiger partial charge < -0.3 is 15.1 Å². The molecule has 4 nitrogen and oxygen atoms in total. The minimum absolute atomic E-state index is 0.0597. The summed E-state index contributed by atoms with van der Waals surface area (Å²) in [7, 11) is 0. The lowest BCUT2D eigenvalue weighted by Gasteiger charge is -2.15. The van der Waals surface area contributed by atoms with Crippen molar-refractivity contribution in [3.05, 3.63) is 0 Å². The lowest BCUT2D eigenvalue weighted by Crippen LogP contribution is -2.30. The van der Waals surface area contributed by atoms with Gasteiger partial charge in [-0.1, -0.05) is 0 Å². The second-order valence-corrected chi connectivity index (χ2v) is 2.53. The lowest BCUT2D eigenvalue weighted by molar-refractivity contribution is -0.119. The molecule has 4 heteroatoms. The maximum Gasteiger partial charge on any atom is 0.210 e. The normalized spacial score (nSPS) is 32.8. The van der Waals surface area contributed by atoms with Crippen LogP contribution in [-0.2, 0) is 4.79 Å². The summed E-state index contributed by atoms with van der Waals surface area (Å²) in [6, 6.07) is -0.174. The van der Waals surface area contributed by atoms with E-state index in [-0.39, 0.29) is 12.6 Å². The van der Waals surface area contributed by atoms with Gasteiger partial charge >= 0.3 is 0 Å². The average molecular weight is 145 g/mol. The van der Waals surface area contributed by atoms with Gasteiger partial charge in [0.2, 0.25) is 6.41 Å². The van der Waals surface area contributed by atoms with Crippen molar-refractivity contribution in [3.8, 4) is 0 Å². The van der Waals surface area contributed by atoms with E-state index in [0.717, 1.165) is 0 Å². The molecule has 1 heterocycles. The highest BCUT2D eigenvalue weighted by Gasteiger charge is 2.28. The van der Waals surface area contributed by atoms with Crippen LogP contribution in [0, 0.1) is 0 Å². The first kappa shape index (κ1) is 7.50. The fourth-order valence-corrected chi connectivity index (χ4v) is 1.22. The summed E-state index contributed by atoms with van der Waals surface area (Å²) < 4.78 is 0. The summed E-state index contributed by atoms with van der Waals surface area (Å²) in [5.41, 5.74) is 0. The molecular weight excluding hydrogens is 134 g/mol. The molecular formula is C6H11NO3. The van der Waals surface area contributed by atoms with Gasteiger partial charge in [0, 0.05) is 6.54 Å². The molecule has 0 aromatic heterocycles. The Labute approximate surface area is 59.1 Å². The second kappa shape index (κ2) is 2.98. The number of hydrogen-bond donors (Lipinski definition) is 2. The van der Waals surface area contributed by atoms with Gasteiger partial charge in [-0.15, -0.1) is 0 Å². The molecule has 0 radical (unpaired) electrons. The zero-order chi connectivity index (χ0) is 7.56. The first-order valence-corrected chi connectivity index (χ1v) is 3.28. The first-order valence-electron chi connectivity index (χ1n) is 3.28. The number of rotatable bonds is 2. The highest BCUT2D eigenvalue weighted by molar-refractivity contribution is 5.48. The summed E-state index contributed by atoms with van der Waals surface area (Å²) in [6.07, 6.45) is 0.703. The number of likely N-dealkylation sites (tertiary alicyclic amines) is 1. The Bertz CT molecular complexity index is 128. The first-order chi connectivity index (χ1) is 4.77. The van der Waals surface area contributed by atoms with Crippen LogP contribution in [0.2, 0.25) is 0 Å². The maximum absolute atomic E-state index is 10.2. The Kier molecular flexibility index (Phi) is 2.24. The monoisotopic (exact) mass is 145 g/mol. The van der Waals surface area contributed by atoms with Crippen molar-refractivity contribution < 1.29 is 15.0 Å². The molecule has 0 bridgehead atoms. The standard InChI is InChI=1S/C6H11NO3/c8-3-5-1-6(10)2-7(5)4-9/h4-6,8,10H,1-3H2/t5-,6+/m0/s1. The number of carbonyl (C=O) groups is 1. The van der Waals surface area contributed by atoms with Gasteiger partial charge in [0.15, 0.2) is 0 Å². The van der Waals surface area contributed by atoms with Crippen LogP contribution < -0.4 is 0 Å². The Balaban J connectivity index is 2.48. The number of β-amino-alcohol motifs (C(OH)–C–C–N with tert-alkyl or cyclic N) is 1. The van der Waals surface area contributed by atoms with E-state index >= 15 is 0 Å². The number of hydrogen-bond acceptors (Lipinski definition) is 3. The van der Waals surface area contributed by atoms with Crippen molar-refractivity contribution >= 4 is 6.41 Å². The van der Waals surface area contributed by atoms with E-state index in [2.05, 4.69) is 0 Å². The zero-order valence-corrected chi connectivity index (χ0v) is 5.60. The van der Waals surface area contributed by atoms with Gasteiger partial charge in [0.05, 0.1) is 18.8 Å². The summed E-state index contributed by atoms with van der Waals surface area (Å²) in [4.78, 5) is 11.6. The van der Waals surface area contributed by atoms with Gasteiger partial charge in [0.1, 0.15) is 0 Å². The minimum atomic E-state index is -0.456.